The molecule has 238 valence electrons. The molecule has 1 aromatic carbocycles. The van der Waals surface area contributed by atoms with Crippen molar-refractivity contribution in [3.63, 3.8) is 0 Å². The molecular formula is C33H42FN3O7. The van der Waals surface area contributed by atoms with Crippen LogP contribution in [-0.4, -0.2) is 71.3 Å². The minimum atomic E-state index is -2.43. The third-order valence-electron chi connectivity index (χ3n) is 10.0. The predicted octanol–water partition coefficient (Wildman–Crippen LogP) is 5.01. The number of rotatable bonds is 10. The standard InChI is InChI=1S/C33H42FN3O7/c1-5-7-12-42-22-16-18(21-10-9-11-37(21)4)26(34)19-14-17-15-20-27(35-3)29-25(32(36-44-29)43-13-8-6-2)31(40)33(20,41)30(39)23(17)28(38)24(19)22/h16-17,20-21,27,35,39,41H,5-15H2,1-4H3/t17-,20-,21?,27-,33-/m0/s1. The second-order valence-electron chi connectivity index (χ2n) is 12.6. The number of hydrogen-bond acceptors (Lipinski definition) is 10. The second kappa shape index (κ2) is 11.9. The van der Waals surface area contributed by atoms with Crippen molar-refractivity contribution in [3.05, 3.63) is 51.2 Å². The number of ether oxygens (including phenoxy) is 2. The third-order valence-corrected chi connectivity index (χ3v) is 10.0. The van der Waals surface area contributed by atoms with Crippen LogP contribution in [0.25, 0.3) is 0 Å². The summed E-state index contributed by atoms with van der Waals surface area (Å²) in [5.41, 5.74) is -1.71. The van der Waals surface area contributed by atoms with Crippen LogP contribution in [0.2, 0.25) is 0 Å². The van der Waals surface area contributed by atoms with Gasteiger partial charge in [0.1, 0.15) is 22.9 Å². The van der Waals surface area contributed by atoms with Gasteiger partial charge in [0.25, 0.3) is 5.88 Å². The van der Waals surface area contributed by atoms with Crippen molar-refractivity contribution in [1.82, 2.24) is 15.4 Å². The number of aromatic nitrogens is 1. The van der Waals surface area contributed by atoms with Crippen molar-refractivity contribution in [2.24, 2.45) is 11.8 Å². The molecule has 2 aromatic rings. The molecular weight excluding hydrogens is 569 g/mol. The molecule has 0 spiro atoms. The summed E-state index contributed by atoms with van der Waals surface area (Å²) in [6.45, 7) is 5.52. The monoisotopic (exact) mass is 611 g/mol. The summed E-state index contributed by atoms with van der Waals surface area (Å²) >= 11 is 0. The van der Waals surface area contributed by atoms with Gasteiger partial charge in [-0.2, -0.15) is 0 Å². The summed E-state index contributed by atoms with van der Waals surface area (Å²) in [7, 11) is 3.63. The van der Waals surface area contributed by atoms with E-state index in [9.17, 15) is 19.8 Å². The van der Waals surface area contributed by atoms with Crippen molar-refractivity contribution < 1.29 is 38.2 Å². The Balaban J connectivity index is 1.47. The fourth-order valence-corrected chi connectivity index (χ4v) is 7.64. The molecule has 44 heavy (non-hydrogen) atoms. The molecule has 3 N–H and O–H groups in total. The van der Waals surface area contributed by atoms with Crippen LogP contribution >= 0.6 is 0 Å². The van der Waals surface area contributed by atoms with Crippen LogP contribution in [0.1, 0.15) is 108 Å². The number of nitrogens with zero attached hydrogens (tertiary/aromatic N) is 2. The van der Waals surface area contributed by atoms with Crippen LogP contribution in [0, 0.1) is 17.7 Å². The molecule has 0 radical (unpaired) electrons. The van der Waals surface area contributed by atoms with Crippen LogP contribution in [0.15, 0.2) is 21.9 Å². The molecule has 1 fully saturated rings. The molecule has 6 rings (SSSR count). The maximum atomic E-state index is 16.5. The van der Waals surface area contributed by atoms with Gasteiger partial charge in [-0.1, -0.05) is 26.7 Å². The number of allylic oxidation sites excluding steroid dienone is 1. The lowest BCUT2D eigenvalue weighted by molar-refractivity contribution is -0.0396. The Kier molecular flexibility index (Phi) is 8.32. The van der Waals surface area contributed by atoms with E-state index in [1.165, 1.54) is 0 Å². The zero-order valence-electron chi connectivity index (χ0n) is 25.9. The van der Waals surface area contributed by atoms with Crippen LogP contribution in [0.3, 0.4) is 0 Å². The lowest BCUT2D eigenvalue weighted by atomic mass is 9.58. The van der Waals surface area contributed by atoms with E-state index in [2.05, 4.69) is 15.4 Å². The van der Waals surface area contributed by atoms with Gasteiger partial charge in [-0.05, 0) is 76.3 Å². The lowest BCUT2D eigenvalue weighted by Gasteiger charge is -2.48. The number of halogens is 1. The quantitative estimate of drug-likeness (QED) is 0.315. The van der Waals surface area contributed by atoms with Gasteiger partial charge in [0.15, 0.2) is 17.1 Å². The van der Waals surface area contributed by atoms with Gasteiger partial charge in [0.05, 0.1) is 24.8 Å². The van der Waals surface area contributed by atoms with Gasteiger partial charge < -0.3 is 29.5 Å². The molecule has 4 aliphatic rings. The maximum absolute atomic E-state index is 16.5. The molecule has 5 atom stereocenters. The number of ketones is 2. The number of fused-ring (bicyclic) bond motifs is 4. The zero-order chi connectivity index (χ0) is 31.3. The summed E-state index contributed by atoms with van der Waals surface area (Å²) in [6, 6.07) is 0.785. The fourth-order valence-electron chi connectivity index (χ4n) is 7.64. The Labute approximate surface area is 256 Å². The average Bonchev–Trinajstić information content (AvgIpc) is 3.63. The highest BCUT2D eigenvalue weighted by atomic mass is 19.1. The van der Waals surface area contributed by atoms with E-state index in [0.717, 1.165) is 45.1 Å². The Morgan fingerprint density at radius 3 is 2.57 bits per heavy atom. The zero-order valence-corrected chi connectivity index (χ0v) is 25.9. The van der Waals surface area contributed by atoms with Gasteiger partial charge >= 0.3 is 0 Å². The van der Waals surface area contributed by atoms with Crippen molar-refractivity contribution in [2.45, 2.75) is 82.9 Å². The Bertz CT molecular complexity index is 1500. The third kappa shape index (κ3) is 4.58. The van der Waals surface area contributed by atoms with E-state index in [1.807, 2.05) is 20.9 Å². The maximum Gasteiger partial charge on any atom is 0.265 e. The van der Waals surface area contributed by atoms with E-state index >= 15 is 4.39 Å². The number of aliphatic hydroxyl groups excluding tert-OH is 1. The smallest absolute Gasteiger partial charge is 0.265 e. The van der Waals surface area contributed by atoms with Crippen molar-refractivity contribution >= 4 is 11.6 Å². The minimum absolute atomic E-state index is 0.0478. The number of hydrogen-bond donors (Lipinski definition) is 3. The first-order valence-electron chi connectivity index (χ1n) is 15.9. The van der Waals surface area contributed by atoms with E-state index < -0.39 is 46.6 Å². The Morgan fingerprint density at radius 2 is 1.91 bits per heavy atom. The molecule has 2 heterocycles. The Morgan fingerprint density at radius 1 is 1.18 bits per heavy atom. The number of Topliss-reactive ketones (excluding diaryl/α,β-unsaturated/α-hetero) is 2. The summed E-state index contributed by atoms with van der Waals surface area (Å²) in [6.07, 6.45) is 5.20. The molecule has 0 bridgehead atoms. The molecule has 1 aromatic heterocycles. The number of likely N-dealkylation sites (tertiary alicyclic amines) is 1. The highest BCUT2D eigenvalue weighted by molar-refractivity contribution is 6.16. The molecule has 1 aliphatic heterocycles. The first-order chi connectivity index (χ1) is 21.2. The lowest BCUT2D eigenvalue weighted by Crippen LogP contribution is -2.59. The molecule has 11 heteroatoms. The minimum Gasteiger partial charge on any atom is -0.508 e. The number of carbonyl (C=O) groups excluding carboxylic acids is 2. The van der Waals surface area contributed by atoms with Crippen molar-refractivity contribution in [2.75, 3.05) is 33.9 Å². The molecule has 3 aliphatic carbocycles. The number of carbonyl (C=O) groups is 2. The number of benzene rings is 1. The average molecular weight is 612 g/mol. The SMILES string of the molecule is CCCCOc1cc(C2CCCN2C)c(F)c2c1C(=O)C1=C(O)[C@]3(O)C(=O)c4c(OCCCC)noc4[C@@H](NC)[C@@H]3C[C@@H]1C2. The molecule has 0 saturated carbocycles. The highest BCUT2D eigenvalue weighted by Gasteiger charge is 2.63. The second-order valence-corrected chi connectivity index (χ2v) is 12.6. The number of unbranched alkanes of at least 4 members (excludes halogenated alkanes) is 2. The fraction of sp³-hybridized carbons (Fsp3) is 0.606. The van der Waals surface area contributed by atoms with Gasteiger partial charge in [-0.3, -0.25) is 14.5 Å². The van der Waals surface area contributed by atoms with Crippen molar-refractivity contribution in [3.8, 4) is 11.6 Å². The molecule has 1 unspecified atom stereocenters. The van der Waals surface area contributed by atoms with Crippen LogP contribution < -0.4 is 14.8 Å². The summed E-state index contributed by atoms with van der Waals surface area (Å²) in [5, 5.41) is 31.0. The highest BCUT2D eigenvalue weighted by Crippen LogP contribution is 2.55. The summed E-state index contributed by atoms with van der Waals surface area (Å²) in [4.78, 5) is 30.5. The topological polar surface area (TPSA) is 134 Å². The van der Waals surface area contributed by atoms with Crippen LogP contribution in [0.4, 0.5) is 4.39 Å². The van der Waals surface area contributed by atoms with Gasteiger partial charge in [-0.25, -0.2) is 4.39 Å². The summed E-state index contributed by atoms with van der Waals surface area (Å²) in [5.74, 6) is -3.69. The number of aliphatic hydroxyl groups is 2. The Hall–Kier alpha value is -3.28. The van der Waals surface area contributed by atoms with Crippen LogP contribution in [-0.2, 0) is 6.42 Å². The van der Waals surface area contributed by atoms with E-state index in [-0.39, 0.29) is 58.5 Å². The summed E-state index contributed by atoms with van der Waals surface area (Å²) < 4.78 is 33.9. The van der Waals surface area contributed by atoms with Crippen molar-refractivity contribution in [1.29, 1.82) is 0 Å². The first-order valence-corrected chi connectivity index (χ1v) is 15.9. The molecule has 10 nitrogen and oxygen atoms in total. The van der Waals surface area contributed by atoms with Gasteiger partial charge in [0, 0.05) is 28.7 Å². The largest absolute Gasteiger partial charge is 0.508 e. The van der Waals surface area contributed by atoms with E-state index in [4.69, 9.17) is 14.0 Å². The van der Waals surface area contributed by atoms with E-state index in [1.54, 1.807) is 13.1 Å². The van der Waals surface area contributed by atoms with Gasteiger partial charge in [0.2, 0.25) is 5.78 Å². The normalized spacial score (nSPS) is 28.0. The first kappa shape index (κ1) is 30.7. The number of nitrogens with one attached hydrogen (secondary N) is 1. The van der Waals surface area contributed by atoms with Crippen LogP contribution in [0.5, 0.6) is 11.6 Å². The molecule has 0 amide bonds. The van der Waals surface area contributed by atoms with E-state index in [0.29, 0.717) is 18.8 Å². The predicted molar refractivity (Wildman–Crippen MR) is 159 cm³/mol. The molecule has 1 saturated heterocycles. The van der Waals surface area contributed by atoms with Gasteiger partial charge in [-0.15, -0.1) is 0 Å².